The summed E-state index contributed by atoms with van der Waals surface area (Å²) in [5.74, 6) is 0.444. The molecule has 2 fully saturated rings. The van der Waals surface area contributed by atoms with Gasteiger partial charge in [-0.05, 0) is 81.9 Å². The first kappa shape index (κ1) is 19.8. The number of hydrogen-bond acceptors (Lipinski definition) is 6. The van der Waals surface area contributed by atoms with Gasteiger partial charge >= 0.3 is 5.97 Å². The number of rotatable bonds is 4. The largest absolute Gasteiger partial charge is 0.497 e. The number of anilines is 1. The third-order valence-electron chi connectivity index (χ3n) is 6.63. The van der Waals surface area contributed by atoms with E-state index < -0.39 is 5.97 Å². The number of aromatic nitrogens is 1. The molecule has 1 aromatic carbocycles. The van der Waals surface area contributed by atoms with Crippen LogP contribution in [0.5, 0.6) is 5.75 Å². The average molecular weight is 399 g/mol. The van der Waals surface area contributed by atoms with E-state index in [1.165, 1.54) is 25.8 Å². The Bertz CT molecular complexity index is 853. The summed E-state index contributed by atoms with van der Waals surface area (Å²) in [6, 6.07) is 7.17. The lowest BCUT2D eigenvalue weighted by molar-refractivity contribution is 0.0697. The van der Waals surface area contributed by atoms with Gasteiger partial charge in [-0.25, -0.2) is 4.79 Å². The summed E-state index contributed by atoms with van der Waals surface area (Å²) in [7, 11) is 3.79. The van der Waals surface area contributed by atoms with E-state index in [0.717, 1.165) is 32.5 Å². The summed E-state index contributed by atoms with van der Waals surface area (Å²) in [6.07, 6.45) is 5.86. The standard InChI is InChI=1S/C22H29N3O4/c1-24-12-3-8-22(9-13-24)10-14-25(15-11-22)20-18(21(26)27)19(29-23-20)16-4-6-17(28-2)7-5-16/h4-7H,3,8-15H2,1-2H3,(H,26,27). The lowest BCUT2D eigenvalue weighted by Gasteiger charge is -2.41. The second-order valence-electron chi connectivity index (χ2n) is 8.39. The van der Waals surface area contributed by atoms with Crippen molar-refractivity contribution in [2.75, 3.05) is 45.2 Å². The number of benzene rings is 1. The smallest absolute Gasteiger partial charge is 0.343 e. The summed E-state index contributed by atoms with van der Waals surface area (Å²) in [6.45, 7) is 3.95. The monoisotopic (exact) mass is 399 g/mol. The summed E-state index contributed by atoms with van der Waals surface area (Å²) in [5.41, 5.74) is 1.21. The van der Waals surface area contributed by atoms with Gasteiger partial charge in [0.25, 0.3) is 0 Å². The number of carboxylic acid groups (broad SMARTS) is 1. The van der Waals surface area contributed by atoms with Crippen molar-refractivity contribution in [3.05, 3.63) is 29.8 Å². The number of carboxylic acids is 1. The SMILES string of the molecule is COc1ccc(-c2onc(N3CCC4(CCCN(C)CC4)CC3)c2C(=O)O)cc1. The molecule has 7 heteroatoms. The molecule has 2 aliphatic heterocycles. The van der Waals surface area contributed by atoms with Crippen LogP contribution in [0.2, 0.25) is 0 Å². The van der Waals surface area contributed by atoms with E-state index in [0.29, 0.717) is 28.3 Å². The highest BCUT2D eigenvalue weighted by molar-refractivity contribution is 5.99. The Hall–Kier alpha value is -2.54. The van der Waals surface area contributed by atoms with E-state index in [1.54, 1.807) is 31.4 Å². The third-order valence-corrected chi connectivity index (χ3v) is 6.63. The molecular formula is C22H29N3O4. The maximum absolute atomic E-state index is 12.1. The Morgan fingerprint density at radius 2 is 1.79 bits per heavy atom. The number of aromatic carboxylic acids is 1. The molecule has 2 saturated heterocycles. The fraction of sp³-hybridized carbons (Fsp3) is 0.545. The van der Waals surface area contributed by atoms with E-state index in [1.807, 2.05) is 0 Å². The molecule has 0 unspecified atom stereocenters. The molecule has 4 rings (SSSR count). The van der Waals surface area contributed by atoms with Gasteiger partial charge in [-0.2, -0.15) is 0 Å². The fourth-order valence-corrected chi connectivity index (χ4v) is 4.71. The second-order valence-corrected chi connectivity index (χ2v) is 8.39. The Kier molecular flexibility index (Phi) is 5.50. The molecule has 0 aliphatic carbocycles. The molecule has 3 heterocycles. The highest BCUT2D eigenvalue weighted by atomic mass is 16.5. The Morgan fingerprint density at radius 3 is 2.45 bits per heavy atom. The summed E-state index contributed by atoms with van der Waals surface area (Å²) in [4.78, 5) is 16.6. The van der Waals surface area contributed by atoms with Crippen LogP contribution in [-0.2, 0) is 0 Å². The molecule has 2 aromatic rings. The van der Waals surface area contributed by atoms with Gasteiger partial charge in [0.2, 0.25) is 0 Å². The number of piperidine rings is 1. The molecule has 0 radical (unpaired) electrons. The van der Waals surface area contributed by atoms with Gasteiger partial charge in [0, 0.05) is 18.7 Å². The third kappa shape index (κ3) is 3.96. The van der Waals surface area contributed by atoms with Crippen LogP contribution in [0, 0.1) is 5.41 Å². The van der Waals surface area contributed by atoms with Crippen LogP contribution in [0.25, 0.3) is 11.3 Å². The summed E-state index contributed by atoms with van der Waals surface area (Å²) >= 11 is 0. The van der Waals surface area contributed by atoms with Crippen LogP contribution in [0.3, 0.4) is 0 Å². The van der Waals surface area contributed by atoms with Gasteiger partial charge in [-0.1, -0.05) is 5.16 Å². The van der Waals surface area contributed by atoms with E-state index in [4.69, 9.17) is 9.26 Å². The van der Waals surface area contributed by atoms with Crippen molar-refractivity contribution >= 4 is 11.8 Å². The molecule has 0 atom stereocenters. The Balaban J connectivity index is 1.55. The lowest BCUT2D eigenvalue weighted by atomic mass is 9.73. The number of hydrogen-bond donors (Lipinski definition) is 1. The Morgan fingerprint density at radius 1 is 1.10 bits per heavy atom. The van der Waals surface area contributed by atoms with Crippen LogP contribution in [0.15, 0.2) is 28.8 Å². The van der Waals surface area contributed by atoms with Crippen molar-refractivity contribution < 1.29 is 19.2 Å². The minimum Gasteiger partial charge on any atom is -0.497 e. The van der Waals surface area contributed by atoms with Crippen molar-refractivity contribution in [1.29, 1.82) is 0 Å². The van der Waals surface area contributed by atoms with Crippen molar-refractivity contribution in [1.82, 2.24) is 10.1 Å². The van der Waals surface area contributed by atoms with E-state index >= 15 is 0 Å². The van der Waals surface area contributed by atoms with Crippen LogP contribution in [-0.4, -0.2) is 61.5 Å². The van der Waals surface area contributed by atoms with E-state index in [2.05, 4.69) is 22.0 Å². The fourth-order valence-electron chi connectivity index (χ4n) is 4.71. The van der Waals surface area contributed by atoms with Crippen LogP contribution < -0.4 is 9.64 Å². The molecule has 1 spiro atoms. The van der Waals surface area contributed by atoms with Crippen molar-refractivity contribution in [2.24, 2.45) is 5.41 Å². The topological polar surface area (TPSA) is 79.0 Å². The molecule has 156 valence electrons. The molecule has 0 bridgehead atoms. The van der Waals surface area contributed by atoms with Crippen molar-refractivity contribution in [2.45, 2.75) is 32.1 Å². The highest BCUT2D eigenvalue weighted by Crippen LogP contribution is 2.43. The number of likely N-dealkylation sites (tertiary alicyclic amines) is 1. The zero-order chi connectivity index (χ0) is 20.4. The second kappa shape index (κ2) is 8.06. The minimum absolute atomic E-state index is 0.145. The Labute approximate surface area is 171 Å². The number of nitrogens with zero attached hydrogens (tertiary/aromatic N) is 3. The maximum Gasteiger partial charge on any atom is 0.343 e. The number of ether oxygens (including phenoxy) is 1. The first-order valence-electron chi connectivity index (χ1n) is 10.3. The van der Waals surface area contributed by atoms with E-state index in [9.17, 15) is 9.90 Å². The van der Waals surface area contributed by atoms with Gasteiger partial charge in [-0.3, -0.25) is 0 Å². The predicted molar refractivity (Wildman–Crippen MR) is 111 cm³/mol. The van der Waals surface area contributed by atoms with Crippen LogP contribution in [0.1, 0.15) is 42.5 Å². The van der Waals surface area contributed by atoms with Gasteiger partial charge in [0.1, 0.15) is 5.75 Å². The van der Waals surface area contributed by atoms with E-state index in [-0.39, 0.29) is 5.56 Å². The molecule has 0 saturated carbocycles. The molecular weight excluding hydrogens is 370 g/mol. The molecule has 0 amide bonds. The summed E-state index contributed by atoms with van der Waals surface area (Å²) < 4.78 is 10.7. The highest BCUT2D eigenvalue weighted by Gasteiger charge is 2.38. The van der Waals surface area contributed by atoms with Gasteiger partial charge < -0.3 is 24.2 Å². The first-order valence-corrected chi connectivity index (χ1v) is 10.3. The molecule has 1 aromatic heterocycles. The molecule has 2 aliphatic rings. The van der Waals surface area contributed by atoms with Gasteiger partial charge in [-0.15, -0.1) is 0 Å². The first-order chi connectivity index (χ1) is 14.0. The normalized spacial score (nSPS) is 19.9. The lowest BCUT2D eigenvalue weighted by Crippen LogP contribution is -2.41. The van der Waals surface area contributed by atoms with Crippen LogP contribution in [0.4, 0.5) is 5.82 Å². The maximum atomic E-state index is 12.1. The minimum atomic E-state index is -1.01. The predicted octanol–water partition coefficient (Wildman–Crippen LogP) is 3.75. The van der Waals surface area contributed by atoms with Gasteiger partial charge in [0.15, 0.2) is 17.1 Å². The zero-order valence-corrected chi connectivity index (χ0v) is 17.2. The molecule has 7 nitrogen and oxygen atoms in total. The quantitative estimate of drug-likeness (QED) is 0.839. The number of carbonyl (C=O) groups is 1. The molecule has 1 N–H and O–H groups in total. The zero-order valence-electron chi connectivity index (χ0n) is 17.2. The van der Waals surface area contributed by atoms with Crippen molar-refractivity contribution in [3.63, 3.8) is 0 Å². The van der Waals surface area contributed by atoms with Crippen molar-refractivity contribution in [3.8, 4) is 17.1 Å². The number of methoxy groups -OCH3 is 1. The van der Waals surface area contributed by atoms with Gasteiger partial charge in [0.05, 0.1) is 7.11 Å². The summed E-state index contributed by atoms with van der Waals surface area (Å²) in [5, 5.41) is 14.1. The molecule has 29 heavy (non-hydrogen) atoms. The average Bonchev–Trinajstić information content (AvgIpc) is 3.10. The van der Waals surface area contributed by atoms with Crippen LogP contribution >= 0.6 is 0 Å².